The Morgan fingerprint density at radius 2 is 1.96 bits per heavy atom. The second-order valence-electron chi connectivity index (χ2n) is 4.73. The Balaban J connectivity index is 2.12. The van der Waals surface area contributed by atoms with Gasteiger partial charge in [0.05, 0.1) is 22.6 Å². The number of hydrazone groups is 1. The summed E-state index contributed by atoms with van der Waals surface area (Å²) < 4.78 is 29.5. The molecule has 2 aromatic rings. The minimum Gasteiger partial charge on any atom is -0.494 e. The topological polar surface area (TPSA) is 111 Å². The molecule has 0 atom stereocenters. The van der Waals surface area contributed by atoms with E-state index in [1.807, 2.05) is 11.8 Å². The van der Waals surface area contributed by atoms with Crippen LogP contribution in [0.1, 0.15) is 12.5 Å². The first kappa shape index (κ1) is 18.7. The van der Waals surface area contributed by atoms with Crippen LogP contribution in [0, 0.1) is 10.1 Å². The highest BCUT2D eigenvalue weighted by molar-refractivity contribution is 7.89. The first-order valence-corrected chi connectivity index (χ1v) is 8.91. The highest BCUT2D eigenvalue weighted by Crippen LogP contribution is 2.24. The molecule has 8 nitrogen and oxygen atoms in total. The zero-order chi connectivity index (χ0) is 18.4. The zero-order valence-electron chi connectivity index (χ0n) is 13.0. The predicted molar refractivity (Wildman–Crippen MR) is 93.6 cm³/mol. The van der Waals surface area contributed by atoms with Crippen molar-refractivity contribution >= 4 is 33.5 Å². The van der Waals surface area contributed by atoms with E-state index in [0.29, 0.717) is 17.9 Å². The molecule has 0 saturated carbocycles. The smallest absolute Gasteiger partial charge is 0.288 e. The molecule has 0 heterocycles. The van der Waals surface area contributed by atoms with Crippen molar-refractivity contribution in [2.24, 2.45) is 5.10 Å². The number of rotatable bonds is 7. The molecule has 0 bridgehead atoms. The van der Waals surface area contributed by atoms with Gasteiger partial charge in [0, 0.05) is 11.6 Å². The molecule has 0 spiro atoms. The Morgan fingerprint density at radius 3 is 2.56 bits per heavy atom. The summed E-state index contributed by atoms with van der Waals surface area (Å²) in [6.07, 6.45) is 1.15. The van der Waals surface area contributed by atoms with E-state index in [2.05, 4.69) is 5.10 Å². The molecule has 0 fully saturated rings. The predicted octanol–water partition coefficient (Wildman–Crippen LogP) is 2.96. The maximum atomic E-state index is 12.1. The second kappa shape index (κ2) is 7.95. The Kier molecular flexibility index (Phi) is 5.94. The summed E-state index contributed by atoms with van der Waals surface area (Å²) in [5, 5.41) is 14.4. The van der Waals surface area contributed by atoms with E-state index in [1.54, 1.807) is 0 Å². The van der Waals surface area contributed by atoms with Crippen molar-refractivity contribution < 1.29 is 18.1 Å². The van der Waals surface area contributed by atoms with Crippen molar-refractivity contribution in [3.05, 3.63) is 63.2 Å². The SMILES string of the molecule is CCOc1ccc(S(=O)(=O)NN=Cc2ccc(Cl)c([N+](=O)[O-])c2)cc1. The fourth-order valence-corrected chi connectivity index (χ4v) is 2.83. The lowest BCUT2D eigenvalue weighted by atomic mass is 10.2. The van der Waals surface area contributed by atoms with Gasteiger partial charge in [-0.25, -0.2) is 4.83 Å². The van der Waals surface area contributed by atoms with Gasteiger partial charge in [0.2, 0.25) is 0 Å². The van der Waals surface area contributed by atoms with Crippen LogP contribution in [-0.4, -0.2) is 26.2 Å². The molecule has 132 valence electrons. The van der Waals surface area contributed by atoms with Gasteiger partial charge in [0.15, 0.2) is 0 Å². The molecule has 0 radical (unpaired) electrons. The fraction of sp³-hybridized carbons (Fsp3) is 0.133. The summed E-state index contributed by atoms with van der Waals surface area (Å²) in [6.45, 7) is 2.30. The van der Waals surface area contributed by atoms with Gasteiger partial charge in [0.1, 0.15) is 10.8 Å². The number of ether oxygens (including phenoxy) is 1. The van der Waals surface area contributed by atoms with E-state index in [0.717, 1.165) is 6.21 Å². The molecule has 0 saturated heterocycles. The normalized spacial score (nSPS) is 11.4. The third-order valence-corrected chi connectivity index (χ3v) is 4.56. The van der Waals surface area contributed by atoms with Crippen LogP contribution in [0.5, 0.6) is 5.75 Å². The summed E-state index contributed by atoms with van der Waals surface area (Å²) in [5.74, 6) is 0.554. The lowest BCUT2D eigenvalue weighted by molar-refractivity contribution is -0.384. The summed E-state index contributed by atoms with van der Waals surface area (Å²) >= 11 is 5.71. The maximum absolute atomic E-state index is 12.1. The number of nitro groups is 1. The van der Waals surface area contributed by atoms with Gasteiger partial charge >= 0.3 is 0 Å². The Labute approximate surface area is 149 Å². The van der Waals surface area contributed by atoms with Crippen molar-refractivity contribution in [2.75, 3.05) is 6.61 Å². The van der Waals surface area contributed by atoms with Crippen LogP contribution < -0.4 is 9.57 Å². The Hall–Kier alpha value is -2.65. The standard InChI is InChI=1S/C15H14ClN3O5S/c1-2-24-12-4-6-13(7-5-12)25(22,23)18-17-10-11-3-8-14(16)15(9-11)19(20)21/h3-10,18H,2H2,1H3. The summed E-state index contributed by atoms with van der Waals surface area (Å²) in [5.41, 5.74) is 0.0329. The van der Waals surface area contributed by atoms with Crippen molar-refractivity contribution in [1.29, 1.82) is 0 Å². The first-order chi connectivity index (χ1) is 11.8. The largest absolute Gasteiger partial charge is 0.494 e. The second-order valence-corrected chi connectivity index (χ2v) is 6.79. The summed E-state index contributed by atoms with van der Waals surface area (Å²) in [7, 11) is -3.86. The van der Waals surface area contributed by atoms with Crippen LogP contribution >= 0.6 is 11.6 Å². The summed E-state index contributed by atoms with van der Waals surface area (Å²) in [6, 6.07) is 9.84. The third kappa shape index (κ3) is 4.91. The van der Waals surface area contributed by atoms with Crippen LogP contribution in [0.4, 0.5) is 5.69 Å². The Morgan fingerprint density at radius 1 is 1.28 bits per heavy atom. The van der Waals surface area contributed by atoms with Crippen molar-refractivity contribution in [3.63, 3.8) is 0 Å². The van der Waals surface area contributed by atoms with Gasteiger partial charge in [-0.05, 0) is 37.3 Å². The monoisotopic (exact) mass is 383 g/mol. The van der Waals surface area contributed by atoms with Crippen LogP contribution in [-0.2, 0) is 10.0 Å². The quantitative estimate of drug-likeness (QED) is 0.449. The molecule has 0 unspecified atom stereocenters. The molecule has 0 amide bonds. The number of halogens is 1. The van der Waals surface area contributed by atoms with Gasteiger partial charge in [-0.2, -0.15) is 13.5 Å². The lowest BCUT2D eigenvalue weighted by Crippen LogP contribution is -2.18. The molecular weight excluding hydrogens is 370 g/mol. The van der Waals surface area contributed by atoms with Gasteiger partial charge in [0.25, 0.3) is 15.7 Å². The van der Waals surface area contributed by atoms with Gasteiger partial charge in [-0.1, -0.05) is 17.7 Å². The number of sulfonamides is 1. The molecule has 2 rings (SSSR count). The van der Waals surface area contributed by atoms with Crippen LogP contribution in [0.3, 0.4) is 0 Å². The van der Waals surface area contributed by atoms with E-state index >= 15 is 0 Å². The number of nitrogens with zero attached hydrogens (tertiary/aromatic N) is 2. The molecule has 0 aliphatic heterocycles. The van der Waals surface area contributed by atoms with Gasteiger partial charge in [-0.15, -0.1) is 0 Å². The molecule has 1 N–H and O–H groups in total. The number of nitrogens with one attached hydrogen (secondary N) is 1. The van der Waals surface area contributed by atoms with E-state index in [1.165, 1.54) is 42.5 Å². The minimum atomic E-state index is -3.86. The average Bonchev–Trinajstić information content (AvgIpc) is 2.57. The van der Waals surface area contributed by atoms with E-state index in [-0.39, 0.29) is 15.6 Å². The molecule has 25 heavy (non-hydrogen) atoms. The van der Waals surface area contributed by atoms with Crippen LogP contribution in [0.2, 0.25) is 5.02 Å². The molecule has 10 heteroatoms. The van der Waals surface area contributed by atoms with Crippen LogP contribution in [0.15, 0.2) is 52.5 Å². The highest BCUT2D eigenvalue weighted by Gasteiger charge is 2.14. The van der Waals surface area contributed by atoms with Gasteiger partial charge in [-0.3, -0.25) is 10.1 Å². The van der Waals surface area contributed by atoms with E-state index in [4.69, 9.17) is 16.3 Å². The number of hydrogen-bond donors (Lipinski definition) is 1. The minimum absolute atomic E-state index is 0.00943. The lowest BCUT2D eigenvalue weighted by Gasteiger charge is -2.05. The molecule has 0 aromatic heterocycles. The molecule has 2 aromatic carbocycles. The summed E-state index contributed by atoms with van der Waals surface area (Å²) in [4.78, 5) is 12.2. The highest BCUT2D eigenvalue weighted by atomic mass is 35.5. The third-order valence-electron chi connectivity index (χ3n) is 3.00. The van der Waals surface area contributed by atoms with Crippen molar-refractivity contribution in [2.45, 2.75) is 11.8 Å². The van der Waals surface area contributed by atoms with E-state index < -0.39 is 14.9 Å². The van der Waals surface area contributed by atoms with Crippen LogP contribution in [0.25, 0.3) is 0 Å². The molecule has 0 aliphatic rings. The van der Waals surface area contributed by atoms with E-state index in [9.17, 15) is 18.5 Å². The number of nitro benzene ring substituents is 1. The Bertz CT molecular complexity index is 898. The van der Waals surface area contributed by atoms with Crippen molar-refractivity contribution in [3.8, 4) is 5.75 Å². The number of hydrogen-bond acceptors (Lipinski definition) is 6. The van der Waals surface area contributed by atoms with Crippen molar-refractivity contribution in [1.82, 2.24) is 4.83 Å². The average molecular weight is 384 g/mol. The fourth-order valence-electron chi connectivity index (χ4n) is 1.85. The first-order valence-electron chi connectivity index (χ1n) is 7.05. The number of benzene rings is 2. The molecule has 0 aliphatic carbocycles. The van der Waals surface area contributed by atoms with Gasteiger partial charge < -0.3 is 4.74 Å². The maximum Gasteiger partial charge on any atom is 0.288 e. The zero-order valence-corrected chi connectivity index (χ0v) is 14.6. The molecular formula is C15H14ClN3O5S.